The van der Waals surface area contributed by atoms with E-state index in [2.05, 4.69) is 10.3 Å². The number of amides is 3. The van der Waals surface area contributed by atoms with Crippen LogP contribution in [0.3, 0.4) is 0 Å². The van der Waals surface area contributed by atoms with Crippen LogP contribution in [0.15, 0.2) is 5.38 Å². The number of imide groups is 1. The highest BCUT2D eigenvalue weighted by Crippen LogP contribution is 2.38. The molecule has 0 aromatic carbocycles. The van der Waals surface area contributed by atoms with Gasteiger partial charge in [-0.3, -0.25) is 4.79 Å². The second-order valence-electron chi connectivity index (χ2n) is 5.23. The van der Waals surface area contributed by atoms with Gasteiger partial charge in [0.1, 0.15) is 5.54 Å². The molecule has 1 saturated heterocycles. The summed E-state index contributed by atoms with van der Waals surface area (Å²) < 4.78 is 37.7. The van der Waals surface area contributed by atoms with Crippen molar-refractivity contribution in [3.8, 4) is 0 Å². The molecule has 1 spiro atoms. The Morgan fingerprint density at radius 1 is 1.24 bits per heavy atom. The zero-order valence-electron chi connectivity index (χ0n) is 10.9. The molecule has 1 N–H and O–H groups in total. The van der Waals surface area contributed by atoms with Crippen molar-refractivity contribution >= 4 is 28.4 Å². The van der Waals surface area contributed by atoms with Gasteiger partial charge in [-0.1, -0.05) is 19.3 Å². The van der Waals surface area contributed by atoms with Crippen LogP contribution in [0.1, 0.15) is 37.8 Å². The fourth-order valence-corrected chi connectivity index (χ4v) is 3.61. The molecule has 2 fully saturated rings. The van der Waals surface area contributed by atoms with E-state index in [4.69, 9.17) is 0 Å². The fraction of sp³-hybridized carbons (Fsp3) is 0.583. The number of carbonyl (C=O) groups excluding carboxylic acids is 2. The maximum atomic E-state index is 12.6. The summed E-state index contributed by atoms with van der Waals surface area (Å²) in [6, 6.07) is -0.690. The minimum Gasteiger partial charge on any atom is -0.323 e. The summed E-state index contributed by atoms with van der Waals surface area (Å²) in [5.74, 6) is -0.490. The standard InChI is InChI=1S/C12H12F3N3O2S/c13-12(14,15)7-6-21-10(16-7)18-8(19)11(17-9(18)20)4-2-1-3-5-11/h6H,1-5H2,(H,17,20). The Balaban J connectivity index is 1.90. The van der Waals surface area contributed by atoms with Crippen molar-refractivity contribution in [2.45, 2.75) is 43.8 Å². The molecule has 0 radical (unpaired) electrons. The Bertz CT molecular complexity index is 593. The zero-order valence-corrected chi connectivity index (χ0v) is 11.7. The second kappa shape index (κ2) is 4.69. The maximum absolute atomic E-state index is 12.6. The molecule has 21 heavy (non-hydrogen) atoms. The maximum Gasteiger partial charge on any atom is 0.434 e. The number of rotatable bonds is 1. The van der Waals surface area contributed by atoms with Crippen LogP contribution in [0.4, 0.5) is 23.1 Å². The summed E-state index contributed by atoms with van der Waals surface area (Å²) in [4.78, 5) is 28.6. The molecule has 1 aromatic rings. The molecule has 1 aliphatic carbocycles. The number of alkyl halides is 3. The Kier molecular flexibility index (Phi) is 3.19. The van der Waals surface area contributed by atoms with Crippen molar-refractivity contribution < 1.29 is 22.8 Å². The third-order valence-corrected chi connectivity index (χ3v) is 4.67. The monoisotopic (exact) mass is 319 g/mol. The molecule has 3 amide bonds. The number of nitrogens with one attached hydrogen (secondary N) is 1. The quantitative estimate of drug-likeness (QED) is 0.810. The molecule has 3 rings (SSSR count). The second-order valence-corrected chi connectivity index (χ2v) is 6.06. The van der Waals surface area contributed by atoms with E-state index in [1.165, 1.54) is 0 Å². The number of anilines is 1. The van der Waals surface area contributed by atoms with E-state index in [1.807, 2.05) is 0 Å². The highest BCUT2D eigenvalue weighted by atomic mass is 32.1. The van der Waals surface area contributed by atoms with Gasteiger partial charge in [-0.15, -0.1) is 11.3 Å². The predicted octanol–water partition coefficient (Wildman–Crippen LogP) is 2.92. The SMILES string of the molecule is O=C1NC2(CCCCC2)C(=O)N1c1nc(C(F)(F)F)cs1. The van der Waals surface area contributed by atoms with E-state index in [0.29, 0.717) is 24.2 Å². The van der Waals surface area contributed by atoms with Gasteiger partial charge in [-0.25, -0.2) is 14.7 Å². The Labute approximate surface area is 122 Å². The van der Waals surface area contributed by atoms with Crippen molar-refractivity contribution in [1.82, 2.24) is 10.3 Å². The van der Waals surface area contributed by atoms with Gasteiger partial charge in [0, 0.05) is 5.38 Å². The average molecular weight is 319 g/mol. The number of thiazole rings is 1. The van der Waals surface area contributed by atoms with Crippen molar-refractivity contribution in [3.63, 3.8) is 0 Å². The number of nitrogens with zero attached hydrogens (tertiary/aromatic N) is 2. The molecule has 1 saturated carbocycles. The molecular formula is C12H12F3N3O2S. The molecule has 0 atom stereocenters. The Hall–Kier alpha value is -1.64. The molecule has 2 heterocycles. The van der Waals surface area contributed by atoms with Crippen LogP contribution in [0, 0.1) is 0 Å². The first kappa shape index (κ1) is 14.3. The Morgan fingerprint density at radius 3 is 2.48 bits per heavy atom. The van der Waals surface area contributed by atoms with E-state index in [-0.39, 0.29) is 5.13 Å². The van der Waals surface area contributed by atoms with Crippen LogP contribution in [-0.2, 0) is 11.0 Å². The van der Waals surface area contributed by atoms with Crippen LogP contribution in [-0.4, -0.2) is 22.5 Å². The molecule has 9 heteroatoms. The van der Waals surface area contributed by atoms with Crippen molar-refractivity contribution in [2.24, 2.45) is 0 Å². The van der Waals surface area contributed by atoms with Crippen molar-refractivity contribution in [3.05, 3.63) is 11.1 Å². The highest BCUT2D eigenvalue weighted by Gasteiger charge is 2.53. The summed E-state index contributed by atoms with van der Waals surface area (Å²) in [5.41, 5.74) is -2.05. The summed E-state index contributed by atoms with van der Waals surface area (Å²) in [5, 5.41) is 3.22. The molecule has 1 aromatic heterocycles. The average Bonchev–Trinajstić information content (AvgIpc) is 2.96. The van der Waals surface area contributed by atoms with Crippen LogP contribution in [0.5, 0.6) is 0 Å². The molecular weight excluding hydrogens is 307 g/mol. The first-order valence-electron chi connectivity index (χ1n) is 6.53. The summed E-state index contributed by atoms with van der Waals surface area (Å²) in [6.07, 6.45) is -0.939. The third kappa shape index (κ3) is 2.29. The van der Waals surface area contributed by atoms with Gasteiger partial charge in [0.25, 0.3) is 5.91 Å². The summed E-state index contributed by atoms with van der Waals surface area (Å²) in [7, 11) is 0. The van der Waals surface area contributed by atoms with Crippen LogP contribution < -0.4 is 10.2 Å². The van der Waals surface area contributed by atoms with Crippen molar-refractivity contribution in [2.75, 3.05) is 4.90 Å². The van der Waals surface area contributed by atoms with Gasteiger partial charge < -0.3 is 5.32 Å². The van der Waals surface area contributed by atoms with Crippen LogP contribution >= 0.6 is 11.3 Å². The van der Waals surface area contributed by atoms with Gasteiger partial charge in [-0.05, 0) is 12.8 Å². The highest BCUT2D eigenvalue weighted by molar-refractivity contribution is 7.14. The number of hydrogen-bond acceptors (Lipinski definition) is 4. The van der Waals surface area contributed by atoms with Gasteiger partial charge >= 0.3 is 12.2 Å². The molecule has 0 unspecified atom stereocenters. The molecule has 2 aliphatic rings. The van der Waals surface area contributed by atoms with Gasteiger partial charge in [0.15, 0.2) is 5.69 Å². The number of aromatic nitrogens is 1. The lowest BCUT2D eigenvalue weighted by Gasteiger charge is -2.30. The number of urea groups is 1. The lowest BCUT2D eigenvalue weighted by Crippen LogP contribution is -2.48. The molecule has 0 bridgehead atoms. The largest absolute Gasteiger partial charge is 0.434 e. The molecule has 114 valence electrons. The third-order valence-electron chi connectivity index (χ3n) is 3.84. The van der Waals surface area contributed by atoms with Crippen LogP contribution in [0.2, 0.25) is 0 Å². The lowest BCUT2D eigenvalue weighted by molar-refractivity contribution is -0.140. The van der Waals surface area contributed by atoms with E-state index < -0.39 is 29.3 Å². The molecule has 5 nitrogen and oxygen atoms in total. The smallest absolute Gasteiger partial charge is 0.323 e. The summed E-state index contributed by atoms with van der Waals surface area (Å²) >= 11 is 0.642. The van der Waals surface area contributed by atoms with Crippen LogP contribution in [0.25, 0.3) is 0 Å². The number of halogens is 3. The zero-order chi connectivity index (χ0) is 15.3. The first-order chi connectivity index (χ1) is 9.83. The predicted molar refractivity (Wildman–Crippen MR) is 68.9 cm³/mol. The van der Waals surface area contributed by atoms with Crippen molar-refractivity contribution in [1.29, 1.82) is 0 Å². The number of carbonyl (C=O) groups is 2. The lowest BCUT2D eigenvalue weighted by atomic mass is 9.82. The van der Waals surface area contributed by atoms with Gasteiger partial charge in [0.05, 0.1) is 0 Å². The van der Waals surface area contributed by atoms with E-state index in [1.54, 1.807) is 0 Å². The van der Waals surface area contributed by atoms with Gasteiger partial charge in [-0.2, -0.15) is 13.2 Å². The van der Waals surface area contributed by atoms with E-state index in [0.717, 1.165) is 29.5 Å². The Morgan fingerprint density at radius 2 is 1.90 bits per heavy atom. The molecule has 1 aliphatic heterocycles. The van der Waals surface area contributed by atoms with E-state index >= 15 is 0 Å². The fourth-order valence-electron chi connectivity index (χ4n) is 2.79. The number of hydrogen-bond donors (Lipinski definition) is 1. The minimum atomic E-state index is -4.59. The minimum absolute atomic E-state index is 0.229. The van der Waals surface area contributed by atoms with E-state index in [9.17, 15) is 22.8 Å². The normalized spacial score (nSPS) is 22.0. The van der Waals surface area contributed by atoms with Gasteiger partial charge in [0.2, 0.25) is 5.13 Å². The topological polar surface area (TPSA) is 62.3 Å². The summed E-state index contributed by atoms with van der Waals surface area (Å²) in [6.45, 7) is 0. The first-order valence-corrected chi connectivity index (χ1v) is 7.41.